The van der Waals surface area contributed by atoms with E-state index in [0.29, 0.717) is 5.92 Å². The summed E-state index contributed by atoms with van der Waals surface area (Å²) in [5.41, 5.74) is -0.614. The Hall–Kier alpha value is -0.990. The fourth-order valence-electron chi connectivity index (χ4n) is 1.00. The number of carbonyl (C=O) groups excluding carboxylic acids is 1. The standard InChI is InChI=1S/C11H20O3/c1-6-11(4,8-7-9(2)3)14-10(12)13-5/h6,9H,1,7-8H2,2-5H3/t11-/m1/s1. The Morgan fingerprint density at radius 3 is 2.50 bits per heavy atom. The number of carbonyl (C=O) groups is 1. The van der Waals surface area contributed by atoms with Crippen LogP contribution in [0.5, 0.6) is 0 Å². The van der Waals surface area contributed by atoms with Crippen molar-refractivity contribution in [3.63, 3.8) is 0 Å². The highest BCUT2D eigenvalue weighted by molar-refractivity contribution is 5.60. The van der Waals surface area contributed by atoms with Gasteiger partial charge in [-0.1, -0.05) is 20.4 Å². The zero-order valence-corrected chi connectivity index (χ0v) is 9.50. The van der Waals surface area contributed by atoms with E-state index in [2.05, 4.69) is 25.2 Å². The molecule has 0 rings (SSSR count). The summed E-state index contributed by atoms with van der Waals surface area (Å²) in [4.78, 5) is 10.9. The minimum absolute atomic E-state index is 0.579. The van der Waals surface area contributed by atoms with Gasteiger partial charge in [-0.15, -0.1) is 0 Å². The molecule has 0 aromatic carbocycles. The Labute approximate surface area is 86.1 Å². The molecule has 0 aromatic heterocycles. The smallest absolute Gasteiger partial charge is 0.438 e. The van der Waals surface area contributed by atoms with Crippen LogP contribution >= 0.6 is 0 Å². The van der Waals surface area contributed by atoms with Crippen LogP contribution < -0.4 is 0 Å². The van der Waals surface area contributed by atoms with Gasteiger partial charge in [0.15, 0.2) is 0 Å². The molecule has 0 aliphatic carbocycles. The zero-order chi connectivity index (χ0) is 11.2. The molecule has 0 saturated heterocycles. The average Bonchev–Trinajstić information content (AvgIpc) is 2.14. The molecular formula is C11H20O3. The zero-order valence-electron chi connectivity index (χ0n) is 9.50. The number of ether oxygens (including phenoxy) is 2. The van der Waals surface area contributed by atoms with Gasteiger partial charge >= 0.3 is 6.16 Å². The third kappa shape index (κ3) is 4.90. The van der Waals surface area contributed by atoms with E-state index in [4.69, 9.17) is 4.74 Å². The lowest BCUT2D eigenvalue weighted by Gasteiger charge is -2.25. The molecule has 0 aliphatic heterocycles. The second-order valence-corrected chi connectivity index (χ2v) is 4.01. The van der Waals surface area contributed by atoms with E-state index in [-0.39, 0.29) is 0 Å². The molecule has 14 heavy (non-hydrogen) atoms. The molecule has 1 atom stereocenters. The molecule has 82 valence electrons. The monoisotopic (exact) mass is 200 g/mol. The quantitative estimate of drug-likeness (QED) is 0.505. The van der Waals surface area contributed by atoms with E-state index in [1.807, 2.05) is 6.92 Å². The summed E-state index contributed by atoms with van der Waals surface area (Å²) >= 11 is 0. The lowest BCUT2D eigenvalue weighted by atomic mass is 9.95. The average molecular weight is 200 g/mol. The van der Waals surface area contributed by atoms with Crippen LogP contribution in [0, 0.1) is 5.92 Å². The largest absolute Gasteiger partial charge is 0.508 e. The summed E-state index contributed by atoms with van der Waals surface area (Å²) < 4.78 is 9.55. The van der Waals surface area contributed by atoms with Crippen LogP contribution in [-0.4, -0.2) is 18.9 Å². The highest BCUT2D eigenvalue weighted by atomic mass is 16.7. The van der Waals surface area contributed by atoms with Crippen molar-refractivity contribution in [1.82, 2.24) is 0 Å². The Morgan fingerprint density at radius 1 is 1.57 bits per heavy atom. The SMILES string of the molecule is C=C[C@](C)(CCC(C)C)OC(=O)OC. The summed E-state index contributed by atoms with van der Waals surface area (Å²) in [7, 11) is 1.30. The fraction of sp³-hybridized carbons (Fsp3) is 0.727. The van der Waals surface area contributed by atoms with Crippen LogP contribution in [0.1, 0.15) is 33.6 Å². The molecule has 0 unspecified atom stereocenters. The molecule has 0 fully saturated rings. The minimum Gasteiger partial charge on any atom is -0.438 e. The van der Waals surface area contributed by atoms with Crippen molar-refractivity contribution in [2.24, 2.45) is 5.92 Å². The first kappa shape index (κ1) is 13.0. The lowest BCUT2D eigenvalue weighted by Crippen LogP contribution is -2.29. The van der Waals surface area contributed by atoms with Crippen molar-refractivity contribution in [2.45, 2.75) is 39.2 Å². The molecule has 0 bridgehead atoms. The minimum atomic E-state index is -0.656. The Bertz CT molecular complexity index is 199. The number of hydrogen-bond acceptors (Lipinski definition) is 3. The lowest BCUT2D eigenvalue weighted by molar-refractivity contribution is 0.00254. The van der Waals surface area contributed by atoms with E-state index < -0.39 is 11.8 Å². The number of rotatable bonds is 5. The first-order valence-electron chi connectivity index (χ1n) is 4.84. The maximum atomic E-state index is 10.9. The molecule has 0 N–H and O–H groups in total. The van der Waals surface area contributed by atoms with Crippen LogP contribution in [0.3, 0.4) is 0 Å². The van der Waals surface area contributed by atoms with Crippen molar-refractivity contribution in [3.05, 3.63) is 12.7 Å². The van der Waals surface area contributed by atoms with Crippen molar-refractivity contribution < 1.29 is 14.3 Å². The van der Waals surface area contributed by atoms with Gasteiger partial charge in [-0.25, -0.2) is 4.79 Å². The summed E-state index contributed by atoms with van der Waals surface area (Å²) in [5, 5.41) is 0. The molecular weight excluding hydrogens is 180 g/mol. The van der Waals surface area contributed by atoms with Gasteiger partial charge in [-0.3, -0.25) is 0 Å². The van der Waals surface area contributed by atoms with Crippen LogP contribution in [0.2, 0.25) is 0 Å². The van der Waals surface area contributed by atoms with Gasteiger partial charge in [0.1, 0.15) is 5.60 Å². The maximum absolute atomic E-state index is 10.9. The van der Waals surface area contributed by atoms with E-state index in [9.17, 15) is 4.79 Å². The highest BCUT2D eigenvalue weighted by Crippen LogP contribution is 2.22. The van der Waals surface area contributed by atoms with Crippen LogP contribution in [0.4, 0.5) is 4.79 Å². The van der Waals surface area contributed by atoms with Gasteiger partial charge in [0, 0.05) is 0 Å². The molecule has 0 spiro atoms. The molecule has 3 nitrogen and oxygen atoms in total. The van der Waals surface area contributed by atoms with Gasteiger partial charge in [-0.2, -0.15) is 0 Å². The summed E-state index contributed by atoms with van der Waals surface area (Å²) in [6, 6.07) is 0. The molecule has 0 aliphatic rings. The second-order valence-electron chi connectivity index (χ2n) is 4.01. The molecule has 0 heterocycles. The van der Waals surface area contributed by atoms with Gasteiger partial charge in [-0.05, 0) is 31.8 Å². The first-order valence-corrected chi connectivity index (χ1v) is 4.84. The normalized spacial score (nSPS) is 14.6. The van der Waals surface area contributed by atoms with Gasteiger partial charge in [0.2, 0.25) is 0 Å². The van der Waals surface area contributed by atoms with Crippen molar-refractivity contribution in [1.29, 1.82) is 0 Å². The topological polar surface area (TPSA) is 35.5 Å². The van der Waals surface area contributed by atoms with Crippen LogP contribution in [-0.2, 0) is 9.47 Å². The van der Waals surface area contributed by atoms with E-state index >= 15 is 0 Å². The summed E-state index contributed by atoms with van der Waals surface area (Å²) in [6.45, 7) is 9.75. The van der Waals surface area contributed by atoms with Crippen molar-refractivity contribution in [3.8, 4) is 0 Å². The fourth-order valence-corrected chi connectivity index (χ4v) is 1.00. The predicted octanol–water partition coefficient (Wildman–Crippen LogP) is 3.15. The Balaban J connectivity index is 4.17. The highest BCUT2D eigenvalue weighted by Gasteiger charge is 2.25. The maximum Gasteiger partial charge on any atom is 0.508 e. The van der Waals surface area contributed by atoms with E-state index in [1.54, 1.807) is 6.08 Å². The molecule has 0 aromatic rings. The molecule has 3 heteroatoms. The van der Waals surface area contributed by atoms with Gasteiger partial charge < -0.3 is 9.47 Å². The van der Waals surface area contributed by atoms with E-state index in [1.165, 1.54) is 7.11 Å². The van der Waals surface area contributed by atoms with Crippen molar-refractivity contribution in [2.75, 3.05) is 7.11 Å². The van der Waals surface area contributed by atoms with Gasteiger partial charge in [0.25, 0.3) is 0 Å². The number of hydrogen-bond donors (Lipinski definition) is 0. The number of methoxy groups -OCH3 is 1. The summed E-state index contributed by atoms with van der Waals surface area (Å²) in [6.07, 6.45) is 2.74. The first-order chi connectivity index (χ1) is 6.43. The van der Waals surface area contributed by atoms with Crippen molar-refractivity contribution >= 4 is 6.16 Å². The molecule has 0 saturated carbocycles. The van der Waals surface area contributed by atoms with E-state index in [0.717, 1.165) is 12.8 Å². The third-order valence-electron chi connectivity index (χ3n) is 2.13. The predicted molar refractivity (Wildman–Crippen MR) is 56.2 cm³/mol. The Morgan fingerprint density at radius 2 is 2.14 bits per heavy atom. The molecule has 0 amide bonds. The van der Waals surface area contributed by atoms with Crippen LogP contribution in [0.15, 0.2) is 12.7 Å². The van der Waals surface area contributed by atoms with Crippen LogP contribution in [0.25, 0.3) is 0 Å². The van der Waals surface area contributed by atoms with Gasteiger partial charge in [0.05, 0.1) is 7.11 Å². The Kier molecular flexibility index (Phi) is 5.28. The second kappa shape index (κ2) is 5.68. The third-order valence-corrected chi connectivity index (χ3v) is 2.13. The molecule has 0 radical (unpaired) electrons. The summed E-state index contributed by atoms with van der Waals surface area (Å²) in [5.74, 6) is 0.579.